The number of hydrogen-bond acceptors (Lipinski definition) is 3. The van der Waals surface area contributed by atoms with E-state index in [-0.39, 0.29) is 36.0 Å². The number of nitrogens with zero attached hydrogens (tertiary/aromatic N) is 1. The zero-order chi connectivity index (χ0) is 21.7. The van der Waals surface area contributed by atoms with Gasteiger partial charge >= 0.3 is 0 Å². The highest BCUT2D eigenvalue weighted by molar-refractivity contribution is 6.03. The summed E-state index contributed by atoms with van der Waals surface area (Å²) in [6.07, 6.45) is 0. The minimum Gasteiger partial charge on any atom is -0.325 e. The summed E-state index contributed by atoms with van der Waals surface area (Å²) in [5.74, 6) is -0.0660. The van der Waals surface area contributed by atoms with E-state index in [1.54, 1.807) is 29.2 Å². The van der Waals surface area contributed by atoms with Crippen LogP contribution in [-0.2, 0) is 9.59 Å². The molecular formula is C24H30N2O3. The van der Waals surface area contributed by atoms with Crippen molar-refractivity contribution in [3.8, 4) is 0 Å². The smallest absolute Gasteiger partial charge is 0.244 e. The van der Waals surface area contributed by atoms with Gasteiger partial charge in [0.25, 0.3) is 0 Å². The van der Waals surface area contributed by atoms with Crippen molar-refractivity contribution in [2.24, 2.45) is 0 Å². The molecule has 154 valence electrons. The fraction of sp³-hybridized carbons (Fsp3) is 0.375. The number of rotatable bonds is 7. The lowest BCUT2D eigenvalue weighted by atomic mass is 9.91. The van der Waals surface area contributed by atoms with Crippen LogP contribution in [-0.4, -0.2) is 24.1 Å². The van der Waals surface area contributed by atoms with Gasteiger partial charge in [-0.2, -0.15) is 0 Å². The van der Waals surface area contributed by atoms with Crippen molar-refractivity contribution in [2.75, 3.05) is 16.8 Å². The third kappa shape index (κ3) is 5.53. The van der Waals surface area contributed by atoms with Gasteiger partial charge in [-0.1, -0.05) is 45.9 Å². The van der Waals surface area contributed by atoms with Crippen LogP contribution in [0.5, 0.6) is 0 Å². The Bertz CT molecular complexity index is 873. The first-order chi connectivity index (χ1) is 13.6. The normalized spacial score (nSPS) is 10.9. The van der Waals surface area contributed by atoms with Crippen molar-refractivity contribution >= 4 is 29.0 Å². The number of carbonyl (C=O) groups is 3. The molecule has 0 aliphatic carbocycles. The van der Waals surface area contributed by atoms with E-state index in [0.29, 0.717) is 11.3 Å². The molecular weight excluding hydrogens is 364 g/mol. The van der Waals surface area contributed by atoms with Crippen LogP contribution in [0.4, 0.5) is 11.4 Å². The number of Topliss-reactive ketones (excluding diaryl/α,β-unsaturated/α-hetero) is 1. The van der Waals surface area contributed by atoms with Crippen molar-refractivity contribution in [1.29, 1.82) is 0 Å². The summed E-state index contributed by atoms with van der Waals surface area (Å²) in [7, 11) is 0. The first kappa shape index (κ1) is 22.3. The maximum atomic E-state index is 12.7. The molecule has 2 aromatic carbocycles. The van der Waals surface area contributed by atoms with Gasteiger partial charge in [0, 0.05) is 18.2 Å². The highest BCUT2D eigenvalue weighted by Crippen LogP contribution is 2.35. The van der Waals surface area contributed by atoms with Crippen LogP contribution < -0.4 is 10.2 Å². The van der Waals surface area contributed by atoms with Crippen LogP contribution in [0.25, 0.3) is 0 Å². The molecule has 0 unspecified atom stereocenters. The highest BCUT2D eigenvalue weighted by atomic mass is 16.2. The molecule has 5 nitrogen and oxygen atoms in total. The zero-order valence-electron chi connectivity index (χ0n) is 18.1. The van der Waals surface area contributed by atoms with E-state index in [4.69, 9.17) is 0 Å². The quantitative estimate of drug-likeness (QED) is 0.662. The molecule has 0 aromatic heterocycles. The van der Waals surface area contributed by atoms with Gasteiger partial charge in [0.1, 0.15) is 6.54 Å². The molecule has 0 saturated heterocycles. The Kier molecular flexibility index (Phi) is 7.32. The molecule has 0 aliphatic heterocycles. The topological polar surface area (TPSA) is 66.5 Å². The fourth-order valence-corrected chi connectivity index (χ4v) is 3.30. The summed E-state index contributed by atoms with van der Waals surface area (Å²) in [4.78, 5) is 38.2. The van der Waals surface area contributed by atoms with Crippen LogP contribution in [0.2, 0.25) is 0 Å². The van der Waals surface area contributed by atoms with E-state index in [2.05, 4.69) is 33.0 Å². The number of anilines is 2. The fourth-order valence-electron chi connectivity index (χ4n) is 3.30. The predicted molar refractivity (Wildman–Crippen MR) is 118 cm³/mol. The van der Waals surface area contributed by atoms with Crippen LogP contribution >= 0.6 is 0 Å². The van der Waals surface area contributed by atoms with Gasteiger partial charge in [0.05, 0.1) is 5.69 Å². The summed E-state index contributed by atoms with van der Waals surface area (Å²) in [5.41, 5.74) is 4.09. The molecule has 2 aromatic rings. The van der Waals surface area contributed by atoms with Crippen molar-refractivity contribution in [2.45, 2.75) is 53.4 Å². The number of para-hydroxylation sites is 1. The molecule has 0 heterocycles. The van der Waals surface area contributed by atoms with Crippen molar-refractivity contribution < 1.29 is 14.4 Å². The van der Waals surface area contributed by atoms with Gasteiger partial charge in [0.15, 0.2) is 5.78 Å². The van der Waals surface area contributed by atoms with Gasteiger partial charge in [-0.25, -0.2) is 0 Å². The molecule has 2 rings (SSSR count). The minimum absolute atomic E-state index is 0.0304. The minimum atomic E-state index is -0.288. The third-order valence-electron chi connectivity index (χ3n) is 4.87. The molecule has 5 heteroatoms. The first-order valence-electron chi connectivity index (χ1n) is 9.93. The number of hydrogen-bond donors (Lipinski definition) is 1. The number of benzene rings is 2. The Morgan fingerprint density at radius 2 is 1.38 bits per heavy atom. The maximum Gasteiger partial charge on any atom is 0.244 e. The summed E-state index contributed by atoms with van der Waals surface area (Å²) < 4.78 is 0. The Morgan fingerprint density at radius 3 is 1.79 bits per heavy atom. The Hall–Kier alpha value is -2.95. The average molecular weight is 395 g/mol. The third-order valence-corrected chi connectivity index (χ3v) is 4.87. The Morgan fingerprint density at radius 1 is 0.862 bits per heavy atom. The van der Waals surface area contributed by atoms with Crippen LogP contribution in [0.3, 0.4) is 0 Å². The van der Waals surface area contributed by atoms with Gasteiger partial charge in [0.2, 0.25) is 11.8 Å². The van der Waals surface area contributed by atoms with Crippen LogP contribution in [0, 0.1) is 0 Å². The van der Waals surface area contributed by atoms with E-state index in [9.17, 15) is 14.4 Å². The standard InChI is InChI=1S/C24H30N2O3/c1-15(2)21-8-7-9-22(16(3)4)24(21)26(18(6)28)14-23(29)25-20-12-10-19(11-13-20)17(5)27/h7-13,15-16H,14H2,1-6H3,(H,25,29). The van der Waals surface area contributed by atoms with E-state index in [1.807, 2.05) is 18.2 Å². The molecule has 29 heavy (non-hydrogen) atoms. The Labute approximate surface area is 173 Å². The van der Waals surface area contributed by atoms with Gasteiger partial charge in [-0.05, 0) is 54.2 Å². The lowest BCUT2D eigenvalue weighted by Crippen LogP contribution is -2.38. The molecule has 0 atom stereocenters. The van der Waals surface area contributed by atoms with Gasteiger partial charge in [-0.15, -0.1) is 0 Å². The molecule has 0 spiro atoms. The number of ketones is 1. The zero-order valence-corrected chi connectivity index (χ0v) is 18.1. The molecule has 0 bridgehead atoms. The summed E-state index contributed by atoms with van der Waals surface area (Å²) in [5, 5.41) is 2.82. The number of amides is 2. The Balaban J connectivity index is 2.32. The molecule has 2 amide bonds. The first-order valence-corrected chi connectivity index (χ1v) is 9.93. The number of nitrogens with one attached hydrogen (secondary N) is 1. The molecule has 0 aliphatic rings. The lowest BCUT2D eigenvalue weighted by Gasteiger charge is -2.29. The van der Waals surface area contributed by atoms with E-state index in [1.165, 1.54) is 13.8 Å². The lowest BCUT2D eigenvalue weighted by molar-refractivity contribution is -0.120. The van der Waals surface area contributed by atoms with Gasteiger partial charge < -0.3 is 10.2 Å². The van der Waals surface area contributed by atoms with E-state index < -0.39 is 0 Å². The van der Waals surface area contributed by atoms with Crippen molar-refractivity contribution in [1.82, 2.24) is 0 Å². The van der Waals surface area contributed by atoms with Crippen molar-refractivity contribution in [3.05, 3.63) is 59.2 Å². The van der Waals surface area contributed by atoms with Crippen LogP contribution in [0.15, 0.2) is 42.5 Å². The monoisotopic (exact) mass is 394 g/mol. The molecule has 0 radical (unpaired) electrons. The summed E-state index contributed by atoms with van der Waals surface area (Å²) in [6, 6.07) is 12.8. The summed E-state index contributed by atoms with van der Waals surface area (Å²) in [6.45, 7) is 11.2. The largest absolute Gasteiger partial charge is 0.325 e. The van der Waals surface area contributed by atoms with Crippen LogP contribution in [0.1, 0.15) is 74.9 Å². The molecule has 1 N–H and O–H groups in total. The second kappa shape index (κ2) is 9.50. The van der Waals surface area contributed by atoms with Gasteiger partial charge in [-0.3, -0.25) is 14.4 Å². The summed E-state index contributed by atoms with van der Waals surface area (Å²) >= 11 is 0. The highest BCUT2D eigenvalue weighted by Gasteiger charge is 2.24. The maximum absolute atomic E-state index is 12.7. The number of carbonyl (C=O) groups excluding carboxylic acids is 3. The second-order valence-electron chi connectivity index (χ2n) is 7.88. The molecule has 0 fully saturated rings. The molecule has 0 saturated carbocycles. The average Bonchev–Trinajstić information content (AvgIpc) is 2.65. The second-order valence-corrected chi connectivity index (χ2v) is 7.88. The van der Waals surface area contributed by atoms with Crippen molar-refractivity contribution in [3.63, 3.8) is 0 Å². The van der Waals surface area contributed by atoms with E-state index >= 15 is 0 Å². The SMILES string of the molecule is CC(=O)c1ccc(NC(=O)CN(C(C)=O)c2c(C(C)C)cccc2C(C)C)cc1. The van der Waals surface area contributed by atoms with E-state index in [0.717, 1.165) is 16.8 Å². The predicted octanol–water partition coefficient (Wildman–Crippen LogP) is 5.13.